The van der Waals surface area contributed by atoms with E-state index in [0.717, 1.165) is 62.4 Å². The van der Waals surface area contributed by atoms with Crippen LogP contribution in [-0.4, -0.2) is 21.3 Å². The van der Waals surface area contributed by atoms with Gasteiger partial charge in [-0.05, 0) is 49.1 Å². The Balaban J connectivity index is 1.55. The highest BCUT2D eigenvalue weighted by Gasteiger charge is 2.26. The Morgan fingerprint density at radius 1 is 1.11 bits per heavy atom. The van der Waals surface area contributed by atoms with E-state index in [1.165, 1.54) is 12.8 Å². The van der Waals surface area contributed by atoms with Crippen LogP contribution in [0.15, 0.2) is 48.9 Å². The summed E-state index contributed by atoms with van der Waals surface area (Å²) in [5.74, 6) is 2.30. The van der Waals surface area contributed by atoms with Crippen LogP contribution in [0.3, 0.4) is 0 Å². The Morgan fingerprint density at radius 3 is 2.89 bits per heavy atom. The van der Waals surface area contributed by atoms with Gasteiger partial charge in [-0.3, -0.25) is 0 Å². The van der Waals surface area contributed by atoms with E-state index in [4.69, 9.17) is 26.1 Å². The van der Waals surface area contributed by atoms with Crippen molar-refractivity contribution in [1.82, 2.24) is 14.5 Å². The molecule has 28 heavy (non-hydrogen) atoms. The summed E-state index contributed by atoms with van der Waals surface area (Å²) >= 11 is 6.18. The summed E-state index contributed by atoms with van der Waals surface area (Å²) in [5.41, 5.74) is 5.27. The molecule has 140 valence electrons. The van der Waals surface area contributed by atoms with Gasteiger partial charge in [0.05, 0.1) is 17.7 Å². The fourth-order valence-corrected chi connectivity index (χ4v) is 4.10. The Hall–Kier alpha value is -2.92. The van der Waals surface area contributed by atoms with Crippen LogP contribution in [0.5, 0.6) is 11.5 Å². The monoisotopic (exact) mass is 391 g/mol. The fourth-order valence-electron chi connectivity index (χ4n) is 3.93. The number of hydrogen-bond acceptors (Lipinski definition) is 3. The van der Waals surface area contributed by atoms with E-state index < -0.39 is 0 Å². The number of imidazole rings is 1. The molecule has 4 aromatic rings. The van der Waals surface area contributed by atoms with Crippen molar-refractivity contribution in [2.24, 2.45) is 5.92 Å². The third-order valence-corrected chi connectivity index (χ3v) is 5.77. The normalized spacial score (nSPS) is 15.5. The number of nitrogens with zero attached hydrogens (tertiary/aromatic N) is 2. The molecule has 6 heteroatoms. The lowest BCUT2D eigenvalue weighted by atomic mass is 10.0. The number of halogens is 1. The second-order valence-corrected chi connectivity index (χ2v) is 7.93. The van der Waals surface area contributed by atoms with Gasteiger partial charge in [0.25, 0.3) is 0 Å². The van der Waals surface area contributed by atoms with Gasteiger partial charge in [-0.1, -0.05) is 17.7 Å². The molecular formula is C22H18ClN3O2. The maximum Gasteiger partial charge on any atom is 0.231 e. The third-order valence-electron chi connectivity index (χ3n) is 5.53. The van der Waals surface area contributed by atoms with Crippen molar-refractivity contribution >= 4 is 22.5 Å². The first-order valence-corrected chi connectivity index (χ1v) is 9.86. The van der Waals surface area contributed by atoms with E-state index in [-0.39, 0.29) is 6.79 Å². The van der Waals surface area contributed by atoms with E-state index in [1.54, 1.807) is 0 Å². The molecule has 6 rings (SSSR count). The van der Waals surface area contributed by atoms with E-state index in [1.807, 2.05) is 36.7 Å². The van der Waals surface area contributed by atoms with Gasteiger partial charge in [-0.25, -0.2) is 4.98 Å². The van der Waals surface area contributed by atoms with Crippen LogP contribution in [0, 0.1) is 5.92 Å². The van der Waals surface area contributed by atoms with Crippen molar-refractivity contribution in [3.8, 4) is 34.0 Å². The van der Waals surface area contributed by atoms with Crippen molar-refractivity contribution in [2.75, 3.05) is 6.79 Å². The summed E-state index contributed by atoms with van der Waals surface area (Å²) in [6, 6.07) is 12.0. The zero-order valence-electron chi connectivity index (χ0n) is 15.1. The predicted octanol–water partition coefficient (Wildman–Crippen LogP) is 5.49. The van der Waals surface area contributed by atoms with E-state index in [0.29, 0.717) is 0 Å². The molecule has 0 amide bonds. The highest BCUT2D eigenvalue weighted by Crippen LogP contribution is 2.41. The first-order valence-electron chi connectivity index (χ1n) is 9.48. The number of nitrogens with one attached hydrogen (secondary N) is 1. The minimum Gasteiger partial charge on any atom is -0.454 e. The second-order valence-electron chi connectivity index (χ2n) is 7.50. The van der Waals surface area contributed by atoms with Gasteiger partial charge in [0, 0.05) is 39.8 Å². The zero-order chi connectivity index (χ0) is 18.7. The maximum atomic E-state index is 6.18. The van der Waals surface area contributed by atoms with Gasteiger partial charge >= 0.3 is 0 Å². The first-order chi connectivity index (χ1) is 13.8. The lowest BCUT2D eigenvalue weighted by Crippen LogP contribution is -2.00. The molecule has 5 nitrogen and oxygen atoms in total. The molecule has 0 spiro atoms. The summed E-state index contributed by atoms with van der Waals surface area (Å²) < 4.78 is 13.3. The predicted molar refractivity (Wildman–Crippen MR) is 109 cm³/mol. The third kappa shape index (κ3) is 2.58. The molecule has 2 aliphatic rings. The SMILES string of the molecule is Clc1ccc2c(-c3c(-c4ccc5c(c4)OCO5)ncn3CC3CC3)c[nH]c2c1. The molecule has 3 heterocycles. The minimum absolute atomic E-state index is 0.269. The summed E-state index contributed by atoms with van der Waals surface area (Å²) in [6.07, 6.45) is 6.60. The molecule has 2 aromatic heterocycles. The lowest BCUT2D eigenvalue weighted by molar-refractivity contribution is 0.174. The number of aromatic nitrogens is 3. The van der Waals surface area contributed by atoms with Crippen LogP contribution >= 0.6 is 11.6 Å². The smallest absolute Gasteiger partial charge is 0.231 e. The van der Waals surface area contributed by atoms with Gasteiger partial charge in [0.15, 0.2) is 11.5 Å². The summed E-state index contributed by atoms with van der Waals surface area (Å²) in [6.45, 7) is 1.26. The average Bonchev–Trinajstić information content (AvgIpc) is 3.08. The standard InChI is InChI=1S/C22H18ClN3O2/c23-15-4-5-16-17(9-24-18(16)8-15)22-21(25-11-26(22)10-13-1-2-13)14-3-6-19-20(7-14)28-12-27-19/h3-9,11,13,24H,1-2,10,12H2. The van der Waals surface area contributed by atoms with Crippen LogP contribution in [-0.2, 0) is 6.54 Å². The number of rotatable bonds is 4. The molecule has 1 fully saturated rings. The fraction of sp³-hybridized carbons (Fsp3) is 0.227. The van der Waals surface area contributed by atoms with Crippen molar-refractivity contribution in [1.29, 1.82) is 0 Å². The van der Waals surface area contributed by atoms with Crippen LogP contribution in [0.2, 0.25) is 5.02 Å². The van der Waals surface area contributed by atoms with Gasteiger partial charge in [0.1, 0.15) is 0 Å². The lowest BCUT2D eigenvalue weighted by Gasteiger charge is -2.10. The van der Waals surface area contributed by atoms with E-state index in [9.17, 15) is 0 Å². The highest BCUT2D eigenvalue weighted by atomic mass is 35.5. The largest absolute Gasteiger partial charge is 0.454 e. The topological polar surface area (TPSA) is 52.1 Å². The van der Waals surface area contributed by atoms with Gasteiger partial charge in [-0.15, -0.1) is 0 Å². The van der Waals surface area contributed by atoms with E-state index >= 15 is 0 Å². The molecule has 2 aromatic carbocycles. The summed E-state index contributed by atoms with van der Waals surface area (Å²) in [7, 11) is 0. The maximum absolute atomic E-state index is 6.18. The Kier molecular flexibility index (Phi) is 3.47. The van der Waals surface area contributed by atoms with E-state index in [2.05, 4.69) is 21.8 Å². The Labute approximate surface area is 166 Å². The van der Waals surface area contributed by atoms with Gasteiger partial charge in [-0.2, -0.15) is 0 Å². The van der Waals surface area contributed by atoms with Crippen LogP contribution in [0.1, 0.15) is 12.8 Å². The number of aromatic amines is 1. The number of benzene rings is 2. The molecule has 1 saturated carbocycles. The molecule has 1 N–H and O–H groups in total. The van der Waals surface area contributed by atoms with Gasteiger partial charge in [0.2, 0.25) is 6.79 Å². The molecular weight excluding hydrogens is 374 g/mol. The molecule has 1 aliphatic carbocycles. The van der Waals surface area contributed by atoms with Crippen LogP contribution in [0.4, 0.5) is 0 Å². The highest BCUT2D eigenvalue weighted by molar-refractivity contribution is 6.31. The molecule has 0 bridgehead atoms. The second kappa shape index (κ2) is 6.04. The molecule has 0 atom stereocenters. The summed E-state index contributed by atoms with van der Waals surface area (Å²) in [4.78, 5) is 8.16. The Bertz CT molecular complexity index is 1210. The van der Waals surface area contributed by atoms with Gasteiger partial charge < -0.3 is 19.0 Å². The Morgan fingerprint density at radius 2 is 2.00 bits per heavy atom. The number of H-pyrrole nitrogens is 1. The quantitative estimate of drug-likeness (QED) is 0.500. The van der Waals surface area contributed by atoms with Crippen molar-refractivity contribution in [3.63, 3.8) is 0 Å². The van der Waals surface area contributed by atoms with Crippen LogP contribution < -0.4 is 9.47 Å². The molecule has 0 unspecified atom stereocenters. The average molecular weight is 392 g/mol. The minimum atomic E-state index is 0.269. The molecule has 0 radical (unpaired) electrons. The van der Waals surface area contributed by atoms with Crippen LogP contribution in [0.25, 0.3) is 33.4 Å². The van der Waals surface area contributed by atoms with Crippen molar-refractivity contribution in [3.05, 3.63) is 53.9 Å². The molecule has 1 aliphatic heterocycles. The zero-order valence-corrected chi connectivity index (χ0v) is 15.9. The number of fused-ring (bicyclic) bond motifs is 2. The first kappa shape index (κ1) is 16.1. The summed E-state index contributed by atoms with van der Waals surface area (Å²) in [5, 5.41) is 1.87. The van der Waals surface area contributed by atoms with Crippen molar-refractivity contribution in [2.45, 2.75) is 19.4 Å². The number of hydrogen-bond donors (Lipinski definition) is 1. The molecule has 0 saturated heterocycles. The van der Waals surface area contributed by atoms with Crippen molar-refractivity contribution < 1.29 is 9.47 Å². The number of ether oxygens (including phenoxy) is 2.